The number of aryl methyl sites for hydroxylation is 1. The highest BCUT2D eigenvalue weighted by Gasteiger charge is 2.21. The molecule has 0 fully saturated rings. The van der Waals surface area contributed by atoms with Crippen molar-refractivity contribution in [1.29, 1.82) is 0 Å². The summed E-state index contributed by atoms with van der Waals surface area (Å²) in [6.07, 6.45) is 4.56. The molecule has 5 rings (SSSR count). The van der Waals surface area contributed by atoms with E-state index in [0.717, 1.165) is 47.3 Å². The van der Waals surface area contributed by atoms with Crippen molar-refractivity contribution in [2.75, 3.05) is 6.54 Å². The largest absolute Gasteiger partial charge is 0.464 e. The van der Waals surface area contributed by atoms with Crippen LogP contribution in [0.4, 0.5) is 0 Å². The Balaban J connectivity index is 1.61. The minimum absolute atomic E-state index is 0.504. The van der Waals surface area contributed by atoms with Gasteiger partial charge < -0.3 is 14.3 Å². The van der Waals surface area contributed by atoms with Crippen LogP contribution in [0.15, 0.2) is 45.7 Å². The van der Waals surface area contributed by atoms with Gasteiger partial charge in [-0.3, -0.25) is 4.98 Å². The number of nitrogens with zero attached hydrogens (tertiary/aromatic N) is 3. The Kier molecular flexibility index (Phi) is 3.18. The highest BCUT2D eigenvalue weighted by Crippen LogP contribution is 2.31. The molecule has 0 radical (unpaired) electrons. The molecule has 0 saturated carbocycles. The van der Waals surface area contributed by atoms with E-state index >= 15 is 0 Å². The molecule has 6 heteroatoms. The van der Waals surface area contributed by atoms with Crippen molar-refractivity contribution >= 4 is 11.0 Å². The fourth-order valence-corrected chi connectivity index (χ4v) is 3.41. The van der Waals surface area contributed by atoms with E-state index in [1.54, 1.807) is 6.26 Å². The van der Waals surface area contributed by atoms with E-state index in [1.807, 2.05) is 37.4 Å². The molecule has 0 atom stereocenters. The zero-order valence-corrected chi connectivity index (χ0v) is 13.7. The number of aromatic nitrogens is 3. The molecule has 0 spiro atoms. The van der Waals surface area contributed by atoms with Crippen LogP contribution in [0.3, 0.4) is 0 Å². The molecule has 0 aliphatic carbocycles. The molecule has 0 bridgehead atoms. The lowest BCUT2D eigenvalue weighted by molar-refractivity contribution is 0.432. The number of hydrogen-bond acceptors (Lipinski definition) is 6. The topological polar surface area (TPSA) is 77.0 Å². The number of fused-ring (bicyclic) bond motifs is 2. The molecular formula is C19H16N4O2. The molecule has 1 aliphatic rings. The van der Waals surface area contributed by atoms with Crippen molar-refractivity contribution < 1.29 is 8.94 Å². The highest BCUT2D eigenvalue weighted by molar-refractivity contribution is 5.82. The second kappa shape index (κ2) is 5.53. The Morgan fingerprint density at radius 2 is 2.16 bits per heavy atom. The van der Waals surface area contributed by atoms with Crippen molar-refractivity contribution in [1.82, 2.24) is 20.4 Å². The maximum absolute atomic E-state index is 5.54. The van der Waals surface area contributed by atoms with E-state index in [0.29, 0.717) is 11.7 Å². The summed E-state index contributed by atoms with van der Waals surface area (Å²) in [5, 5.41) is 8.61. The summed E-state index contributed by atoms with van der Waals surface area (Å²) in [5.74, 6) is 1.11. The van der Waals surface area contributed by atoms with E-state index in [4.69, 9.17) is 8.94 Å². The monoisotopic (exact) mass is 332 g/mol. The van der Waals surface area contributed by atoms with Gasteiger partial charge in [0.25, 0.3) is 5.89 Å². The number of hydrogen-bond donors (Lipinski definition) is 1. The average Bonchev–Trinajstić information content (AvgIpc) is 3.30. The van der Waals surface area contributed by atoms with Crippen molar-refractivity contribution in [3.63, 3.8) is 0 Å². The highest BCUT2D eigenvalue weighted by atomic mass is 16.5. The molecule has 124 valence electrons. The first-order chi connectivity index (χ1) is 12.3. The van der Waals surface area contributed by atoms with Gasteiger partial charge in [0.05, 0.1) is 6.26 Å². The van der Waals surface area contributed by atoms with Gasteiger partial charge in [0.15, 0.2) is 0 Å². The third kappa shape index (κ3) is 2.34. The third-order valence-electron chi connectivity index (χ3n) is 4.68. The second-order valence-corrected chi connectivity index (χ2v) is 6.25. The predicted octanol–water partition coefficient (Wildman–Crippen LogP) is 3.50. The van der Waals surface area contributed by atoms with Crippen LogP contribution >= 0.6 is 0 Å². The second-order valence-electron chi connectivity index (χ2n) is 6.25. The lowest BCUT2D eigenvalue weighted by Crippen LogP contribution is -2.24. The number of furan rings is 1. The molecule has 25 heavy (non-hydrogen) atoms. The molecule has 3 aromatic heterocycles. The van der Waals surface area contributed by atoms with E-state index in [1.165, 1.54) is 11.1 Å². The van der Waals surface area contributed by atoms with Crippen LogP contribution in [-0.2, 0) is 13.0 Å². The van der Waals surface area contributed by atoms with Gasteiger partial charge in [-0.25, -0.2) is 0 Å². The number of rotatable bonds is 2. The lowest BCUT2D eigenvalue weighted by atomic mass is 9.95. The molecule has 4 heterocycles. The summed E-state index contributed by atoms with van der Waals surface area (Å²) in [5.41, 5.74) is 6.12. The first kappa shape index (κ1) is 14.4. The average molecular weight is 332 g/mol. The van der Waals surface area contributed by atoms with Crippen LogP contribution in [0.5, 0.6) is 0 Å². The van der Waals surface area contributed by atoms with Gasteiger partial charge in [-0.15, -0.1) is 0 Å². The van der Waals surface area contributed by atoms with Gasteiger partial charge in [0, 0.05) is 34.9 Å². The van der Waals surface area contributed by atoms with Crippen LogP contribution in [-0.4, -0.2) is 21.7 Å². The molecule has 4 aromatic rings. The molecule has 1 aliphatic heterocycles. The Morgan fingerprint density at radius 3 is 3.12 bits per heavy atom. The minimum Gasteiger partial charge on any atom is -0.464 e. The van der Waals surface area contributed by atoms with Gasteiger partial charge >= 0.3 is 0 Å². The normalized spacial score (nSPS) is 14.0. The van der Waals surface area contributed by atoms with Crippen molar-refractivity contribution in [3.8, 4) is 22.8 Å². The van der Waals surface area contributed by atoms with Gasteiger partial charge in [-0.1, -0.05) is 5.16 Å². The molecular weight excluding hydrogens is 316 g/mol. The number of nitrogens with one attached hydrogen (secondary N) is 1. The van der Waals surface area contributed by atoms with Crippen molar-refractivity contribution in [2.24, 2.45) is 0 Å². The lowest BCUT2D eigenvalue weighted by Gasteiger charge is -2.19. The molecule has 6 nitrogen and oxygen atoms in total. The van der Waals surface area contributed by atoms with Crippen LogP contribution in [0.25, 0.3) is 33.8 Å². The van der Waals surface area contributed by atoms with Crippen LogP contribution in [0, 0.1) is 6.92 Å². The van der Waals surface area contributed by atoms with E-state index in [9.17, 15) is 0 Å². The molecule has 0 saturated heterocycles. The fraction of sp³-hybridized carbons (Fsp3) is 0.211. The summed E-state index contributed by atoms with van der Waals surface area (Å²) in [6, 6.07) is 7.76. The molecule has 1 aromatic carbocycles. The molecule has 0 unspecified atom stereocenters. The Morgan fingerprint density at radius 1 is 1.20 bits per heavy atom. The van der Waals surface area contributed by atoms with Crippen molar-refractivity contribution in [3.05, 3.63) is 53.5 Å². The zero-order valence-electron chi connectivity index (χ0n) is 13.7. The van der Waals surface area contributed by atoms with Crippen LogP contribution < -0.4 is 5.32 Å². The van der Waals surface area contributed by atoms with Gasteiger partial charge in [0.1, 0.15) is 5.58 Å². The Labute approximate surface area is 143 Å². The fourth-order valence-electron chi connectivity index (χ4n) is 3.41. The summed E-state index contributed by atoms with van der Waals surface area (Å²) in [6.45, 7) is 3.77. The van der Waals surface area contributed by atoms with E-state index in [2.05, 4.69) is 20.4 Å². The Hall–Kier alpha value is -2.99. The van der Waals surface area contributed by atoms with Crippen LogP contribution in [0.1, 0.15) is 16.8 Å². The minimum atomic E-state index is 0.504. The first-order valence-electron chi connectivity index (χ1n) is 8.29. The summed E-state index contributed by atoms with van der Waals surface area (Å²) < 4.78 is 10.9. The predicted molar refractivity (Wildman–Crippen MR) is 92.9 cm³/mol. The SMILES string of the molecule is Cc1ncc2c(c1-c1noc(-c3ccc4occc4c3)n1)CCNC2. The Bertz CT molecular complexity index is 1080. The summed E-state index contributed by atoms with van der Waals surface area (Å²) in [7, 11) is 0. The van der Waals surface area contributed by atoms with E-state index < -0.39 is 0 Å². The maximum atomic E-state index is 5.54. The molecule has 0 amide bonds. The summed E-state index contributed by atoms with van der Waals surface area (Å²) >= 11 is 0. The van der Waals surface area contributed by atoms with Crippen LogP contribution in [0.2, 0.25) is 0 Å². The van der Waals surface area contributed by atoms with Crippen molar-refractivity contribution in [2.45, 2.75) is 19.9 Å². The zero-order chi connectivity index (χ0) is 16.8. The van der Waals surface area contributed by atoms with E-state index in [-0.39, 0.29) is 0 Å². The van der Waals surface area contributed by atoms with Gasteiger partial charge in [-0.2, -0.15) is 4.98 Å². The summed E-state index contributed by atoms with van der Waals surface area (Å²) in [4.78, 5) is 9.15. The smallest absolute Gasteiger partial charge is 0.258 e. The standard InChI is InChI=1S/C19H16N4O2/c1-11-17(15-4-6-20-9-14(15)10-21-11)18-22-19(25-23-18)13-2-3-16-12(8-13)5-7-24-16/h2-3,5,7-8,10,20H,4,6,9H2,1H3. The quantitative estimate of drug-likeness (QED) is 0.605. The number of pyridine rings is 1. The molecule has 1 N–H and O–H groups in total. The van der Waals surface area contributed by atoms with Gasteiger partial charge in [0.2, 0.25) is 5.82 Å². The third-order valence-corrected chi connectivity index (χ3v) is 4.68. The first-order valence-corrected chi connectivity index (χ1v) is 8.29. The van der Waals surface area contributed by atoms with Gasteiger partial charge in [-0.05, 0) is 55.3 Å². The maximum Gasteiger partial charge on any atom is 0.258 e. The number of benzene rings is 1.